The smallest absolute Gasteiger partial charge is 0.307 e. The van der Waals surface area contributed by atoms with Crippen molar-refractivity contribution in [2.45, 2.75) is 58.4 Å². The second kappa shape index (κ2) is 10.1. The van der Waals surface area contributed by atoms with Crippen LogP contribution in [0.15, 0.2) is 24.3 Å². The summed E-state index contributed by atoms with van der Waals surface area (Å²) in [5.74, 6) is 0.400. The summed E-state index contributed by atoms with van der Waals surface area (Å²) in [6.07, 6.45) is 5.43. The molecule has 25 heavy (non-hydrogen) atoms. The zero-order valence-corrected chi connectivity index (χ0v) is 15.3. The van der Waals surface area contributed by atoms with E-state index in [4.69, 9.17) is 9.47 Å². The van der Waals surface area contributed by atoms with Crippen molar-refractivity contribution in [1.29, 1.82) is 0 Å². The van der Waals surface area contributed by atoms with E-state index in [0.29, 0.717) is 18.9 Å². The SMILES string of the molecule is CCOC(=O)CCN(C(=O)COc1cccc(CC)c1)C1CCCC1. The molecular weight excluding hydrogens is 318 g/mol. The standard InChI is InChI=1S/C20H29NO4/c1-3-16-8-7-11-18(14-16)25-15-19(22)21(17-9-5-6-10-17)13-12-20(23)24-4-2/h7-8,11,14,17H,3-6,9-10,12-13,15H2,1-2H3. The second-order valence-electron chi connectivity index (χ2n) is 6.37. The normalized spacial score (nSPS) is 14.3. The van der Waals surface area contributed by atoms with Crippen molar-refractivity contribution in [3.8, 4) is 5.75 Å². The van der Waals surface area contributed by atoms with Gasteiger partial charge in [0.15, 0.2) is 6.61 Å². The van der Waals surface area contributed by atoms with Crippen LogP contribution in [0.4, 0.5) is 0 Å². The Hall–Kier alpha value is -2.04. The quantitative estimate of drug-likeness (QED) is 0.643. The van der Waals surface area contributed by atoms with Gasteiger partial charge in [0, 0.05) is 12.6 Å². The van der Waals surface area contributed by atoms with E-state index in [0.717, 1.165) is 32.1 Å². The monoisotopic (exact) mass is 347 g/mol. The minimum atomic E-state index is -0.255. The molecule has 5 nitrogen and oxygen atoms in total. The van der Waals surface area contributed by atoms with Gasteiger partial charge in [-0.25, -0.2) is 0 Å². The number of rotatable bonds is 9. The molecule has 2 rings (SSSR count). The van der Waals surface area contributed by atoms with Crippen molar-refractivity contribution in [2.75, 3.05) is 19.8 Å². The Bertz CT molecular complexity index is 567. The molecule has 0 radical (unpaired) electrons. The maximum Gasteiger partial charge on any atom is 0.307 e. The molecule has 0 atom stereocenters. The molecule has 0 spiro atoms. The van der Waals surface area contributed by atoms with E-state index >= 15 is 0 Å². The number of hydrogen-bond acceptors (Lipinski definition) is 4. The summed E-state index contributed by atoms with van der Waals surface area (Å²) in [5.41, 5.74) is 1.18. The van der Waals surface area contributed by atoms with Crippen LogP contribution in [-0.2, 0) is 20.7 Å². The Morgan fingerprint density at radius 3 is 2.64 bits per heavy atom. The van der Waals surface area contributed by atoms with Gasteiger partial charge in [-0.05, 0) is 43.9 Å². The molecule has 1 aliphatic rings. The fraction of sp³-hybridized carbons (Fsp3) is 0.600. The summed E-state index contributed by atoms with van der Waals surface area (Å²) < 4.78 is 10.7. The van der Waals surface area contributed by atoms with Crippen LogP contribution in [0.5, 0.6) is 5.75 Å². The number of carbonyl (C=O) groups is 2. The number of amides is 1. The number of ether oxygens (including phenoxy) is 2. The fourth-order valence-electron chi connectivity index (χ4n) is 3.25. The molecule has 0 saturated heterocycles. The van der Waals surface area contributed by atoms with E-state index in [1.165, 1.54) is 5.56 Å². The van der Waals surface area contributed by atoms with Crippen LogP contribution in [0.3, 0.4) is 0 Å². The maximum atomic E-state index is 12.7. The summed E-state index contributed by atoms with van der Waals surface area (Å²) in [7, 11) is 0. The van der Waals surface area contributed by atoms with Crippen molar-refractivity contribution in [1.82, 2.24) is 4.90 Å². The van der Waals surface area contributed by atoms with Gasteiger partial charge >= 0.3 is 5.97 Å². The van der Waals surface area contributed by atoms with E-state index in [1.54, 1.807) is 6.92 Å². The highest BCUT2D eigenvalue weighted by molar-refractivity contribution is 5.79. The molecule has 1 aromatic rings. The third-order valence-corrected chi connectivity index (χ3v) is 4.62. The second-order valence-corrected chi connectivity index (χ2v) is 6.37. The third-order valence-electron chi connectivity index (χ3n) is 4.62. The molecule has 138 valence electrons. The topological polar surface area (TPSA) is 55.8 Å². The molecular formula is C20H29NO4. The Balaban J connectivity index is 1.92. The van der Waals surface area contributed by atoms with E-state index in [-0.39, 0.29) is 30.9 Å². The highest BCUT2D eigenvalue weighted by atomic mass is 16.5. The number of hydrogen-bond donors (Lipinski definition) is 0. The van der Waals surface area contributed by atoms with Crippen LogP contribution in [0, 0.1) is 0 Å². The number of esters is 1. The summed E-state index contributed by atoms with van der Waals surface area (Å²) in [6, 6.07) is 8.02. The minimum absolute atomic E-state index is 0.00644. The predicted molar refractivity (Wildman–Crippen MR) is 96.5 cm³/mol. The van der Waals surface area contributed by atoms with Gasteiger partial charge in [-0.3, -0.25) is 9.59 Å². The average Bonchev–Trinajstić information content (AvgIpc) is 3.15. The largest absolute Gasteiger partial charge is 0.484 e. The van der Waals surface area contributed by atoms with Gasteiger partial charge in [-0.15, -0.1) is 0 Å². The van der Waals surface area contributed by atoms with Crippen LogP contribution in [0.1, 0.15) is 51.5 Å². The Kier molecular flexibility index (Phi) is 7.76. The summed E-state index contributed by atoms with van der Waals surface area (Å²) in [6.45, 7) is 4.65. The first-order chi connectivity index (χ1) is 12.1. The Morgan fingerprint density at radius 2 is 1.96 bits per heavy atom. The van der Waals surface area contributed by atoms with E-state index in [2.05, 4.69) is 6.92 Å². The van der Waals surface area contributed by atoms with Crippen LogP contribution >= 0.6 is 0 Å². The van der Waals surface area contributed by atoms with Gasteiger partial charge in [0.2, 0.25) is 0 Å². The van der Waals surface area contributed by atoms with Gasteiger partial charge in [0.1, 0.15) is 5.75 Å². The molecule has 1 aliphatic carbocycles. The molecule has 0 N–H and O–H groups in total. The molecule has 0 aromatic heterocycles. The molecule has 0 unspecified atom stereocenters. The molecule has 1 fully saturated rings. The van der Waals surface area contributed by atoms with Crippen molar-refractivity contribution in [3.63, 3.8) is 0 Å². The molecule has 1 amide bonds. The Labute approximate surface area is 150 Å². The van der Waals surface area contributed by atoms with Crippen LogP contribution in [-0.4, -0.2) is 42.6 Å². The molecule has 1 saturated carbocycles. The Morgan fingerprint density at radius 1 is 1.20 bits per heavy atom. The van der Waals surface area contributed by atoms with Gasteiger partial charge in [-0.1, -0.05) is 31.9 Å². The van der Waals surface area contributed by atoms with E-state index in [1.807, 2.05) is 29.2 Å². The van der Waals surface area contributed by atoms with E-state index < -0.39 is 0 Å². The van der Waals surface area contributed by atoms with Gasteiger partial charge in [-0.2, -0.15) is 0 Å². The van der Waals surface area contributed by atoms with Crippen LogP contribution in [0.25, 0.3) is 0 Å². The zero-order valence-electron chi connectivity index (χ0n) is 15.3. The zero-order chi connectivity index (χ0) is 18.1. The van der Waals surface area contributed by atoms with Crippen molar-refractivity contribution < 1.29 is 19.1 Å². The first kappa shape index (κ1) is 19.3. The van der Waals surface area contributed by atoms with E-state index in [9.17, 15) is 9.59 Å². The van der Waals surface area contributed by atoms with Gasteiger partial charge < -0.3 is 14.4 Å². The van der Waals surface area contributed by atoms with Crippen LogP contribution in [0.2, 0.25) is 0 Å². The number of aryl methyl sites for hydroxylation is 1. The minimum Gasteiger partial charge on any atom is -0.484 e. The highest BCUT2D eigenvalue weighted by Gasteiger charge is 2.27. The van der Waals surface area contributed by atoms with Gasteiger partial charge in [0.05, 0.1) is 13.0 Å². The predicted octanol–water partition coefficient (Wildman–Crippen LogP) is 3.35. The number of carbonyl (C=O) groups excluding carboxylic acids is 2. The van der Waals surface area contributed by atoms with Crippen molar-refractivity contribution in [3.05, 3.63) is 29.8 Å². The average molecular weight is 347 g/mol. The number of nitrogens with zero attached hydrogens (tertiary/aromatic N) is 1. The first-order valence-electron chi connectivity index (χ1n) is 9.30. The molecule has 5 heteroatoms. The maximum absolute atomic E-state index is 12.7. The molecule has 0 bridgehead atoms. The lowest BCUT2D eigenvalue weighted by molar-refractivity contribution is -0.144. The lowest BCUT2D eigenvalue weighted by atomic mass is 10.2. The lowest BCUT2D eigenvalue weighted by Gasteiger charge is -2.28. The number of benzene rings is 1. The van der Waals surface area contributed by atoms with Gasteiger partial charge in [0.25, 0.3) is 5.91 Å². The summed E-state index contributed by atoms with van der Waals surface area (Å²) in [5, 5.41) is 0. The van der Waals surface area contributed by atoms with Crippen LogP contribution < -0.4 is 4.74 Å². The highest BCUT2D eigenvalue weighted by Crippen LogP contribution is 2.24. The lowest BCUT2D eigenvalue weighted by Crippen LogP contribution is -2.42. The summed E-state index contributed by atoms with van der Waals surface area (Å²) in [4.78, 5) is 26.1. The first-order valence-corrected chi connectivity index (χ1v) is 9.30. The van der Waals surface area contributed by atoms with Crippen molar-refractivity contribution >= 4 is 11.9 Å². The third kappa shape index (κ3) is 6.07. The molecule has 0 aliphatic heterocycles. The van der Waals surface area contributed by atoms with Crippen molar-refractivity contribution in [2.24, 2.45) is 0 Å². The molecule has 1 aromatic carbocycles. The molecule has 0 heterocycles. The summed E-state index contributed by atoms with van der Waals surface area (Å²) >= 11 is 0. The fourth-order valence-corrected chi connectivity index (χ4v) is 3.25.